The summed E-state index contributed by atoms with van der Waals surface area (Å²) in [6, 6.07) is 12.4. The molecule has 5 atom stereocenters. The predicted molar refractivity (Wildman–Crippen MR) is 152 cm³/mol. The number of carbonyl (C=O) groups excluding carboxylic acids is 1. The molecule has 222 valence electrons. The molecule has 2 amide bonds. The van der Waals surface area contributed by atoms with E-state index in [2.05, 4.69) is 30.6 Å². The molecule has 3 N–H and O–H groups in total. The van der Waals surface area contributed by atoms with Crippen molar-refractivity contribution in [3.63, 3.8) is 0 Å². The summed E-state index contributed by atoms with van der Waals surface area (Å²) < 4.78 is 26.6. The van der Waals surface area contributed by atoms with E-state index in [1.54, 1.807) is 17.0 Å². The Kier molecular flexibility index (Phi) is 8.33. The number of anilines is 1. The van der Waals surface area contributed by atoms with Gasteiger partial charge in [0.15, 0.2) is 29.5 Å². The summed E-state index contributed by atoms with van der Waals surface area (Å²) in [4.78, 5) is 40.9. The molecule has 14 nitrogen and oxygen atoms in total. The highest BCUT2D eigenvalue weighted by molar-refractivity contribution is 5.95. The Labute approximate surface area is 245 Å². The Hall–Kier alpha value is -4.76. The van der Waals surface area contributed by atoms with E-state index in [-0.39, 0.29) is 24.6 Å². The van der Waals surface area contributed by atoms with Gasteiger partial charge in [0.2, 0.25) is 0 Å². The fourth-order valence-electron chi connectivity index (χ4n) is 5.02. The molecule has 5 heterocycles. The number of aromatic carboxylic acids is 1. The first-order chi connectivity index (χ1) is 21.0. The molecule has 43 heavy (non-hydrogen) atoms. The zero-order chi connectivity index (χ0) is 29.8. The molecule has 2 saturated heterocycles. The van der Waals surface area contributed by atoms with Gasteiger partial charge >= 0.3 is 12.0 Å². The van der Waals surface area contributed by atoms with Gasteiger partial charge in [-0.15, -0.1) is 0 Å². The number of urea groups is 1. The van der Waals surface area contributed by atoms with Crippen LogP contribution < -0.4 is 10.6 Å². The number of pyridine rings is 1. The van der Waals surface area contributed by atoms with Gasteiger partial charge in [-0.1, -0.05) is 36.4 Å². The second-order valence-corrected chi connectivity index (χ2v) is 9.75. The lowest BCUT2D eigenvalue weighted by molar-refractivity contribution is -0.139. The summed E-state index contributed by atoms with van der Waals surface area (Å²) in [5.74, 6) is -0.833. The first kappa shape index (κ1) is 28.4. The number of aromatic nitrogens is 5. The van der Waals surface area contributed by atoms with Gasteiger partial charge in [0.05, 0.1) is 30.8 Å². The van der Waals surface area contributed by atoms with Crippen LogP contribution in [0.1, 0.15) is 34.8 Å². The van der Waals surface area contributed by atoms with Crippen molar-refractivity contribution in [3.05, 3.63) is 84.2 Å². The van der Waals surface area contributed by atoms with Crippen molar-refractivity contribution in [2.45, 2.75) is 44.4 Å². The summed E-state index contributed by atoms with van der Waals surface area (Å²) in [6.45, 7) is 2.31. The van der Waals surface area contributed by atoms with Crippen LogP contribution in [0.25, 0.3) is 17.2 Å². The summed E-state index contributed by atoms with van der Waals surface area (Å²) in [5.41, 5.74) is 2.17. The smallest absolute Gasteiger partial charge is 0.337 e. The average Bonchev–Trinajstić information content (AvgIpc) is 3.72. The molecular formula is C29H29N7O7. The van der Waals surface area contributed by atoms with Crippen LogP contribution in [0.15, 0.2) is 67.4 Å². The average molecular weight is 588 g/mol. The summed E-state index contributed by atoms with van der Waals surface area (Å²) in [5, 5.41) is 14.8. The standard InChI is InChI=1S/C29H29N7O7/c1-2-30-29(39)35-25-22-26(33-15-32-25)36(16-34-22)27-24-23(42-21(43-24)11-10-17-7-4-3-5-8-17)20(41-27)14-40-13-19-18(28(37)38)9-6-12-31-19/h3-12,15-16,20-21,23-24,27H,2,13-14H2,1H3,(H,37,38)(H2,30,32,33,35,39)/b11-10+. The Morgan fingerprint density at radius 1 is 1.05 bits per heavy atom. The van der Waals surface area contributed by atoms with Crippen LogP contribution in [0.4, 0.5) is 10.6 Å². The van der Waals surface area contributed by atoms with Crippen LogP contribution in [0, 0.1) is 0 Å². The van der Waals surface area contributed by atoms with E-state index in [4.69, 9.17) is 18.9 Å². The van der Waals surface area contributed by atoms with Crippen LogP contribution in [0.3, 0.4) is 0 Å². The number of benzene rings is 1. The molecule has 4 aromatic rings. The number of hydrogen-bond acceptors (Lipinski definition) is 10. The van der Waals surface area contributed by atoms with Crippen LogP contribution in [0.2, 0.25) is 0 Å². The summed E-state index contributed by atoms with van der Waals surface area (Å²) >= 11 is 0. The Bertz CT molecular complexity index is 1630. The minimum atomic E-state index is -1.08. The topological polar surface area (TPSA) is 172 Å². The van der Waals surface area contributed by atoms with Crippen LogP contribution >= 0.6 is 0 Å². The van der Waals surface area contributed by atoms with Gasteiger partial charge in [-0.25, -0.2) is 24.5 Å². The molecule has 3 aromatic heterocycles. The number of fused-ring (bicyclic) bond motifs is 2. The third kappa shape index (κ3) is 6.08. The van der Waals surface area contributed by atoms with E-state index in [9.17, 15) is 14.7 Å². The quantitative estimate of drug-likeness (QED) is 0.249. The zero-order valence-electron chi connectivity index (χ0n) is 23.1. The molecule has 0 saturated carbocycles. The van der Waals surface area contributed by atoms with Gasteiger partial charge in [-0.2, -0.15) is 0 Å². The Morgan fingerprint density at radius 2 is 1.88 bits per heavy atom. The molecule has 14 heteroatoms. The summed E-state index contributed by atoms with van der Waals surface area (Å²) in [6.07, 6.45) is 5.14. The van der Waals surface area contributed by atoms with Gasteiger partial charge in [0, 0.05) is 12.7 Å². The highest BCUT2D eigenvalue weighted by atomic mass is 16.8. The van der Waals surface area contributed by atoms with Crippen molar-refractivity contribution in [2.24, 2.45) is 0 Å². The second kappa shape index (κ2) is 12.6. The molecule has 0 spiro atoms. The van der Waals surface area contributed by atoms with E-state index in [0.717, 1.165) is 5.56 Å². The number of rotatable bonds is 10. The van der Waals surface area contributed by atoms with Crippen LogP contribution in [-0.4, -0.2) is 79.4 Å². The maximum absolute atomic E-state index is 12.1. The first-order valence-corrected chi connectivity index (χ1v) is 13.7. The van der Waals surface area contributed by atoms with Crippen molar-refractivity contribution >= 4 is 35.1 Å². The minimum absolute atomic E-state index is 0.0291. The highest BCUT2D eigenvalue weighted by Gasteiger charge is 2.53. The molecule has 0 aliphatic carbocycles. The molecule has 0 bridgehead atoms. The molecule has 2 fully saturated rings. The SMILES string of the molecule is CCNC(=O)Nc1ncnc2c1ncn2C1OC(COCc2ncccc2C(=O)O)C2OC(/C=C/c3ccccc3)OC21. The molecule has 1 aromatic carbocycles. The van der Waals surface area contributed by atoms with E-state index in [1.807, 2.05) is 49.4 Å². The largest absolute Gasteiger partial charge is 0.478 e. The van der Waals surface area contributed by atoms with Gasteiger partial charge in [-0.3, -0.25) is 14.9 Å². The van der Waals surface area contributed by atoms with Gasteiger partial charge in [0.25, 0.3) is 0 Å². The van der Waals surface area contributed by atoms with E-state index < -0.39 is 42.8 Å². The van der Waals surface area contributed by atoms with Crippen molar-refractivity contribution in [1.82, 2.24) is 29.8 Å². The number of imidazole rings is 1. The molecule has 5 unspecified atom stereocenters. The van der Waals surface area contributed by atoms with Gasteiger partial charge < -0.3 is 29.4 Å². The Morgan fingerprint density at radius 3 is 2.70 bits per heavy atom. The fraction of sp³-hybridized carbons (Fsp3) is 0.310. The van der Waals surface area contributed by atoms with Crippen LogP contribution in [0.5, 0.6) is 0 Å². The van der Waals surface area contributed by atoms with Gasteiger partial charge in [-0.05, 0) is 30.7 Å². The number of amides is 2. The number of carboxylic acid groups (broad SMARTS) is 1. The lowest BCUT2D eigenvalue weighted by atomic mass is 10.1. The van der Waals surface area contributed by atoms with Crippen LogP contribution in [-0.2, 0) is 25.6 Å². The lowest BCUT2D eigenvalue weighted by Crippen LogP contribution is -2.32. The van der Waals surface area contributed by atoms with E-state index in [1.165, 1.54) is 18.6 Å². The number of carbonyl (C=O) groups is 2. The predicted octanol–water partition coefficient (Wildman–Crippen LogP) is 3.00. The van der Waals surface area contributed by atoms with Gasteiger partial charge in [0.1, 0.15) is 24.6 Å². The zero-order valence-corrected chi connectivity index (χ0v) is 23.1. The highest BCUT2D eigenvalue weighted by Crippen LogP contribution is 2.41. The first-order valence-electron chi connectivity index (χ1n) is 13.7. The second-order valence-electron chi connectivity index (χ2n) is 9.75. The maximum atomic E-state index is 12.1. The maximum Gasteiger partial charge on any atom is 0.337 e. The van der Waals surface area contributed by atoms with Crippen molar-refractivity contribution in [1.29, 1.82) is 0 Å². The third-order valence-corrected chi connectivity index (χ3v) is 6.96. The van der Waals surface area contributed by atoms with Crippen molar-refractivity contribution < 1.29 is 33.6 Å². The number of nitrogens with zero attached hydrogens (tertiary/aromatic N) is 5. The fourth-order valence-corrected chi connectivity index (χ4v) is 5.02. The molecular weight excluding hydrogens is 558 g/mol. The lowest BCUT2D eigenvalue weighted by Gasteiger charge is -2.20. The van der Waals surface area contributed by atoms with E-state index in [0.29, 0.717) is 23.4 Å². The number of hydrogen-bond donors (Lipinski definition) is 3. The monoisotopic (exact) mass is 587 g/mol. The third-order valence-electron chi connectivity index (χ3n) is 6.96. The summed E-state index contributed by atoms with van der Waals surface area (Å²) in [7, 11) is 0. The number of carboxylic acids is 1. The molecule has 6 rings (SSSR count). The molecule has 2 aliphatic rings. The normalized spacial score (nSPS) is 23.0. The van der Waals surface area contributed by atoms with E-state index >= 15 is 0 Å². The molecule has 0 radical (unpaired) electrons. The van der Waals surface area contributed by atoms with Crippen molar-refractivity contribution in [2.75, 3.05) is 18.5 Å². The molecule has 2 aliphatic heterocycles. The minimum Gasteiger partial charge on any atom is -0.478 e. The van der Waals surface area contributed by atoms with Crippen molar-refractivity contribution in [3.8, 4) is 0 Å². The number of nitrogens with one attached hydrogen (secondary N) is 2. The number of ether oxygens (including phenoxy) is 4. The Balaban J connectivity index is 1.24.